The Bertz CT molecular complexity index is 812. The SMILES string of the molecule is O=S(=O)(Nc1ccc(F)c(F)c1F)c1ccc(Cl)c(Cl)c1. The molecule has 0 heterocycles. The van der Waals surface area contributed by atoms with Crippen molar-refractivity contribution >= 4 is 38.9 Å². The Kier molecular flexibility index (Phi) is 4.36. The van der Waals surface area contributed by atoms with E-state index in [9.17, 15) is 21.6 Å². The average Bonchev–Trinajstić information content (AvgIpc) is 2.42. The summed E-state index contributed by atoms with van der Waals surface area (Å²) in [6.45, 7) is 0. The first-order valence-corrected chi connectivity index (χ1v) is 7.57. The van der Waals surface area contributed by atoms with Gasteiger partial charge in [0.25, 0.3) is 10.0 Å². The second-order valence-corrected chi connectivity index (χ2v) is 6.40. The highest BCUT2D eigenvalue weighted by Crippen LogP contribution is 2.27. The summed E-state index contributed by atoms with van der Waals surface area (Å²) in [5.74, 6) is -4.84. The monoisotopic (exact) mass is 355 g/mol. The Morgan fingerprint density at radius 2 is 1.57 bits per heavy atom. The van der Waals surface area contributed by atoms with Crippen molar-refractivity contribution in [2.75, 3.05) is 4.72 Å². The van der Waals surface area contributed by atoms with Gasteiger partial charge in [-0.05, 0) is 30.3 Å². The Hall–Kier alpha value is -1.44. The zero-order chi connectivity index (χ0) is 15.8. The van der Waals surface area contributed by atoms with Gasteiger partial charge in [-0.15, -0.1) is 0 Å². The number of hydrogen-bond acceptors (Lipinski definition) is 2. The molecule has 9 heteroatoms. The quantitative estimate of drug-likeness (QED) is 0.838. The molecule has 21 heavy (non-hydrogen) atoms. The van der Waals surface area contributed by atoms with Gasteiger partial charge in [0.05, 0.1) is 20.6 Å². The van der Waals surface area contributed by atoms with Gasteiger partial charge in [-0.3, -0.25) is 4.72 Å². The minimum atomic E-state index is -4.23. The second-order valence-electron chi connectivity index (χ2n) is 3.90. The third-order valence-electron chi connectivity index (χ3n) is 2.48. The van der Waals surface area contributed by atoms with Crippen molar-refractivity contribution in [3.63, 3.8) is 0 Å². The molecule has 1 N–H and O–H groups in total. The van der Waals surface area contributed by atoms with Gasteiger partial charge < -0.3 is 0 Å². The van der Waals surface area contributed by atoms with Crippen LogP contribution >= 0.6 is 23.2 Å². The third-order valence-corrected chi connectivity index (χ3v) is 4.58. The predicted octanol–water partition coefficient (Wildman–Crippen LogP) is 4.21. The largest absolute Gasteiger partial charge is 0.277 e. The molecule has 112 valence electrons. The first-order chi connectivity index (χ1) is 9.72. The lowest BCUT2D eigenvalue weighted by Crippen LogP contribution is -2.14. The van der Waals surface area contributed by atoms with Crippen molar-refractivity contribution in [1.82, 2.24) is 0 Å². The van der Waals surface area contributed by atoms with Crippen molar-refractivity contribution in [2.24, 2.45) is 0 Å². The Balaban J connectivity index is 2.42. The van der Waals surface area contributed by atoms with E-state index in [2.05, 4.69) is 0 Å². The van der Waals surface area contributed by atoms with Crippen LogP contribution in [0.1, 0.15) is 0 Å². The maximum absolute atomic E-state index is 13.5. The summed E-state index contributed by atoms with van der Waals surface area (Å²) in [6, 6.07) is 4.78. The summed E-state index contributed by atoms with van der Waals surface area (Å²) in [4.78, 5) is -0.305. The summed E-state index contributed by atoms with van der Waals surface area (Å²) < 4.78 is 65.2. The van der Waals surface area contributed by atoms with Crippen LogP contribution < -0.4 is 4.72 Å². The first-order valence-electron chi connectivity index (χ1n) is 5.34. The molecule has 0 bridgehead atoms. The number of sulfonamides is 1. The molecule has 0 radical (unpaired) electrons. The maximum Gasteiger partial charge on any atom is 0.262 e. The predicted molar refractivity (Wildman–Crippen MR) is 73.6 cm³/mol. The summed E-state index contributed by atoms with van der Waals surface area (Å²) in [5, 5.41) is 0.111. The molecule has 0 aliphatic rings. The number of hydrogen-bond donors (Lipinski definition) is 1. The van der Waals surface area contributed by atoms with Crippen molar-refractivity contribution in [3.05, 3.63) is 57.8 Å². The van der Waals surface area contributed by atoms with Gasteiger partial charge in [-0.1, -0.05) is 23.2 Å². The van der Waals surface area contributed by atoms with Crippen LogP contribution in [0.3, 0.4) is 0 Å². The van der Waals surface area contributed by atoms with Gasteiger partial charge in [0.1, 0.15) is 0 Å². The van der Waals surface area contributed by atoms with Crippen LogP contribution in [0.5, 0.6) is 0 Å². The molecule has 2 aromatic rings. The van der Waals surface area contributed by atoms with Crippen LogP contribution in [0, 0.1) is 17.5 Å². The zero-order valence-electron chi connectivity index (χ0n) is 10.0. The topological polar surface area (TPSA) is 46.2 Å². The highest BCUT2D eigenvalue weighted by Gasteiger charge is 2.20. The summed E-state index contributed by atoms with van der Waals surface area (Å²) >= 11 is 11.3. The van der Waals surface area contributed by atoms with E-state index in [0.29, 0.717) is 6.07 Å². The third kappa shape index (κ3) is 3.25. The summed E-state index contributed by atoms with van der Waals surface area (Å²) in [5.41, 5.74) is -0.722. The molecule has 0 amide bonds. The summed E-state index contributed by atoms with van der Waals surface area (Å²) in [7, 11) is -4.23. The molecule has 0 atom stereocenters. The highest BCUT2D eigenvalue weighted by molar-refractivity contribution is 7.92. The molecule has 2 aromatic carbocycles. The van der Waals surface area contributed by atoms with Gasteiger partial charge in [0.15, 0.2) is 17.5 Å². The number of nitrogens with one attached hydrogen (secondary N) is 1. The van der Waals surface area contributed by atoms with Gasteiger partial charge >= 0.3 is 0 Å². The van der Waals surface area contributed by atoms with Crippen molar-refractivity contribution < 1.29 is 21.6 Å². The van der Waals surface area contributed by atoms with Crippen LogP contribution in [0.4, 0.5) is 18.9 Å². The standard InChI is InChI=1S/C12H6Cl2F3NO2S/c13-7-2-1-6(5-8(7)14)21(19,20)18-10-4-3-9(15)11(16)12(10)17/h1-5,18H. The molecule has 0 spiro atoms. The van der Waals surface area contributed by atoms with Crippen LogP contribution in [0.15, 0.2) is 35.2 Å². The summed E-state index contributed by atoms with van der Waals surface area (Å²) in [6.07, 6.45) is 0. The van der Waals surface area contributed by atoms with E-state index in [1.807, 2.05) is 0 Å². The fraction of sp³-hybridized carbons (Fsp3) is 0. The number of rotatable bonds is 3. The number of halogens is 5. The van der Waals surface area contributed by atoms with E-state index >= 15 is 0 Å². The van der Waals surface area contributed by atoms with E-state index in [1.54, 1.807) is 4.72 Å². The fourth-order valence-corrected chi connectivity index (χ4v) is 2.90. The van der Waals surface area contributed by atoms with E-state index in [4.69, 9.17) is 23.2 Å². The Labute approximate surface area is 128 Å². The Morgan fingerprint density at radius 3 is 2.19 bits per heavy atom. The molecule has 0 aromatic heterocycles. The van der Waals surface area contributed by atoms with Crippen molar-refractivity contribution in [1.29, 1.82) is 0 Å². The average molecular weight is 356 g/mol. The minimum absolute atomic E-state index is 0.0229. The minimum Gasteiger partial charge on any atom is -0.277 e. The van der Waals surface area contributed by atoms with E-state index < -0.39 is 33.2 Å². The normalized spacial score (nSPS) is 11.5. The van der Waals surface area contributed by atoms with Gasteiger partial charge in [0, 0.05) is 0 Å². The van der Waals surface area contributed by atoms with Gasteiger partial charge in [0.2, 0.25) is 0 Å². The molecule has 0 fully saturated rings. The number of benzene rings is 2. The molecular formula is C12H6Cl2F3NO2S. The molecule has 2 rings (SSSR count). The smallest absolute Gasteiger partial charge is 0.262 e. The number of anilines is 1. The van der Waals surface area contributed by atoms with E-state index in [0.717, 1.165) is 18.2 Å². The van der Waals surface area contributed by atoms with Gasteiger partial charge in [-0.2, -0.15) is 0 Å². The fourth-order valence-electron chi connectivity index (χ4n) is 1.45. The van der Waals surface area contributed by atoms with Crippen LogP contribution in [-0.2, 0) is 10.0 Å². The highest BCUT2D eigenvalue weighted by atomic mass is 35.5. The maximum atomic E-state index is 13.5. The van der Waals surface area contributed by atoms with Crippen molar-refractivity contribution in [3.8, 4) is 0 Å². The van der Waals surface area contributed by atoms with E-state index in [1.165, 1.54) is 6.07 Å². The zero-order valence-corrected chi connectivity index (χ0v) is 12.3. The first kappa shape index (κ1) is 15.9. The lowest BCUT2D eigenvalue weighted by Gasteiger charge is -2.10. The van der Waals surface area contributed by atoms with Crippen LogP contribution in [-0.4, -0.2) is 8.42 Å². The lowest BCUT2D eigenvalue weighted by molar-refractivity contribution is 0.449. The molecule has 0 saturated carbocycles. The Morgan fingerprint density at radius 1 is 0.905 bits per heavy atom. The van der Waals surface area contributed by atoms with Crippen LogP contribution in [0.25, 0.3) is 0 Å². The second kappa shape index (κ2) is 5.75. The molecule has 0 unspecified atom stereocenters. The van der Waals surface area contributed by atoms with Gasteiger partial charge in [-0.25, -0.2) is 21.6 Å². The molecular weight excluding hydrogens is 350 g/mol. The van der Waals surface area contributed by atoms with E-state index in [-0.39, 0.29) is 14.9 Å². The van der Waals surface area contributed by atoms with Crippen LogP contribution in [0.2, 0.25) is 10.0 Å². The lowest BCUT2D eigenvalue weighted by atomic mass is 10.3. The molecule has 3 nitrogen and oxygen atoms in total. The molecule has 0 saturated heterocycles. The van der Waals surface area contributed by atoms with Crippen molar-refractivity contribution in [2.45, 2.75) is 4.90 Å². The molecule has 0 aliphatic heterocycles. The molecule has 0 aliphatic carbocycles.